The number of halogens is 1. The average Bonchev–Trinajstić information content (AvgIpc) is 2.63. The lowest BCUT2D eigenvalue weighted by atomic mass is 10.2. The van der Waals surface area contributed by atoms with Crippen molar-refractivity contribution < 1.29 is 14.0 Å². The molecule has 3 rings (SSSR count). The highest BCUT2D eigenvalue weighted by Gasteiger charge is 2.08. The fraction of sp³-hybridized carbons (Fsp3) is 0. The van der Waals surface area contributed by atoms with E-state index in [2.05, 4.69) is 15.6 Å². The summed E-state index contributed by atoms with van der Waals surface area (Å²) in [7, 11) is 0. The maximum absolute atomic E-state index is 12.9. The van der Waals surface area contributed by atoms with E-state index in [0.717, 1.165) is 0 Å². The van der Waals surface area contributed by atoms with Crippen molar-refractivity contribution in [1.29, 1.82) is 0 Å². The first-order valence-electron chi connectivity index (χ1n) is 7.50. The van der Waals surface area contributed by atoms with Gasteiger partial charge in [0.1, 0.15) is 5.82 Å². The van der Waals surface area contributed by atoms with E-state index in [4.69, 9.17) is 0 Å². The van der Waals surface area contributed by atoms with Crippen LogP contribution in [0.2, 0.25) is 0 Å². The number of amides is 2. The molecule has 0 atom stereocenters. The molecule has 0 fully saturated rings. The minimum Gasteiger partial charge on any atom is -0.322 e. The summed E-state index contributed by atoms with van der Waals surface area (Å²) in [4.78, 5) is 28.2. The van der Waals surface area contributed by atoms with Crippen LogP contribution in [-0.4, -0.2) is 16.8 Å². The summed E-state index contributed by atoms with van der Waals surface area (Å²) in [5.74, 6) is -1.04. The Morgan fingerprint density at radius 1 is 0.760 bits per heavy atom. The molecule has 6 heteroatoms. The summed E-state index contributed by atoms with van der Waals surface area (Å²) in [5, 5.41) is 5.46. The number of hydrogen-bond donors (Lipinski definition) is 2. The molecule has 2 aromatic carbocycles. The van der Waals surface area contributed by atoms with Crippen LogP contribution in [0.3, 0.4) is 0 Å². The normalized spacial score (nSPS) is 10.1. The molecule has 0 bridgehead atoms. The van der Waals surface area contributed by atoms with E-state index in [-0.39, 0.29) is 11.8 Å². The topological polar surface area (TPSA) is 71.1 Å². The summed E-state index contributed by atoms with van der Waals surface area (Å²) in [6.07, 6.45) is 3.07. The first-order chi connectivity index (χ1) is 12.1. The number of hydrogen-bond acceptors (Lipinski definition) is 3. The summed E-state index contributed by atoms with van der Waals surface area (Å²) in [5.41, 5.74) is 1.88. The molecule has 5 nitrogen and oxygen atoms in total. The molecule has 0 saturated carbocycles. The Kier molecular flexibility index (Phi) is 4.80. The van der Waals surface area contributed by atoms with Crippen molar-refractivity contribution >= 4 is 23.2 Å². The largest absolute Gasteiger partial charge is 0.322 e. The van der Waals surface area contributed by atoms with E-state index in [1.165, 1.54) is 36.7 Å². The third kappa shape index (κ3) is 4.26. The van der Waals surface area contributed by atoms with Gasteiger partial charge in [0, 0.05) is 34.9 Å². The molecule has 0 saturated heterocycles. The molecule has 1 aromatic heterocycles. The number of rotatable bonds is 4. The molecular weight excluding hydrogens is 321 g/mol. The van der Waals surface area contributed by atoms with E-state index in [1.54, 1.807) is 36.4 Å². The minimum absolute atomic E-state index is 0.274. The Balaban J connectivity index is 1.70. The predicted molar refractivity (Wildman–Crippen MR) is 93.0 cm³/mol. The van der Waals surface area contributed by atoms with Crippen molar-refractivity contribution in [3.8, 4) is 0 Å². The van der Waals surface area contributed by atoms with Crippen LogP contribution in [-0.2, 0) is 0 Å². The van der Waals surface area contributed by atoms with Gasteiger partial charge in [-0.3, -0.25) is 14.6 Å². The molecule has 0 aliphatic carbocycles. The Labute approximate surface area is 143 Å². The number of carbonyl (C=O) groups excluding carboxylic acids is 2. The van der Waals surface area contributed by atoms with Crippen molar-refractivity contribution in [1.82, 2.24) is 4.98 Å². The Bertz CT molecular complexity index is 896. The van der Waals surface area contributed by atoms with Gasteiger partial charge < -0.3 is 10.6 Å². The molecule has 0 aliphatic rings. The van der Waals surface area contributed by atoms with E-state index in [9.17, 15) is 14.0 Å². The summed E-state index contributed by atoms with van der Waals surface area (Å²) in [6.45, 7) is 0. The highest BCUT2D eigenvalue weighted by Crippen LogP contribution is 2.17. The van der Waals surface area contributed by atoms with Crippen LogP contribution in [0.25, 0.3) is 0 Å². The fourth-order valence-corrected chi connectivity index (χ4v) is 2.19. The third-order valence-corrected chi connectivity index (χ3v) is 3.43. The molecular formula is C19H14FN3O2. The van der Waals surface area contributed by atoms with Gasteiger partial charge in [-0.1, -0.05) is 6.07 Å². The van der Waals surface area contributed by atoms with E-state index < -0.39 is 5.82 Å². The van der Waals surface area contributed by atoms with Crippen LogP contribution < -0.4 is 10.6 Å². The maximum atomic E-state index is 12.9. The van der Waals surface area contributed by atoms with E-state index in [1.807, 2.05) is 0 Å². The molecule has 2 N–H and O–H groups in total. The number of nitrogens with one attached hydrogen (secondary N) is 2. The standard InChI is InChI=1S/C19H14FN3O2/c20-15-6-4-13(5-7-15)18(24)22-16-2-1-3-17(12-16)23-19(25)14-8-10-21-11-9-14/h1-12H,(H,22,24)(H,23,25). The van der Waals surface area contributed by atoms with E-state index >= 15 is 0 Å². The highest BCUT2D eigenvalue weighted by atomic mass is 19.1. The van der Waals surface area contributed by atoms with Gasteiger partial charge in [-0.25, -0.2) is 4.39 Å². The number of nitrogens with zero attached hydrogens (tertiary/aromatic N) is 1. The van der Waals surface area contributed by atoms with Crippen molar-refractivity contribution in [2.24, 2.45) is 0 Å². The average molecular weight is 335 g/mol. The lowest BCUT2D eigenvalue weighted by molar-refractivity contribution is 0.101. The zero-order valence-corrected chi connectivity index (χ0v) is 13.1. The van der Waals surface area contributed by atoms with Gasteiger partial charge in [0.15, 0.2) is 0 Å². The van der Waals surface area contributed by atoms with E-state index in [0.29, 0.717) is 22.5 Å². The number of pyridine rings is 1. The van der Waals surface area contributed by atoms with Crippen LogP contribution in [0.5, 0.6) is 0 Å². The van der Waals surface area contributed by atoms with Gasteiger partial charge in [-0.2, -0.15) is 0 Å². The number of aromatic nitrogens is 1. The number of benzene rings is 2. The molecule has 25 heavy (non-hydrogen) atoms. The van der Waals surface area contributed by atoms with Gasteiger partial charge in [0.05, 0.1) is 0 Å². The van der Waals surface area contributed by atoms with Crippen LogP contribution >= 0.6 is 0 Å². The molecule has 0 unspecified atom stereocenters. The Hall–Kier alpha value is -3.54. The molecule has 3 aromatic rings. The summed E-state index contributed by atoms with van der Waals surface area (Å²) in [6, 6.07) is 15.2. The second-order valence-electron chi connectivity index (χ2n) is 5.23. The first kappa shape index (κ1) is 16.3. The number of carbonyl (C=O) groups is 2. The van der Waals surface area contributed by atoms with Crippen molar-refractivity contribution in [3.63, 3.8) is 0 Å². The molecule has 0 aliphatic heterocycles. The zero-order chi connectivity index (χ0) is 17.6. The van der Waals surface area contributed by atoms with Crippen LogP contribution in [0, 0.1) is 5.82 Å². The van der Waals surface area contributed by atoms with Gasteiger partial charge in [0.25, 0.3) is 11.8 Å². The molecule has 0 radical (unpaired) electrons. The first-order valence-corrected chi connectivity index (χ1v) is 7.50. The van der Waals surface area contributed by atoms with Crippen molar-refractivity contribution in [2.45, 2.75) is 0 Å². The summed E-state index contributed by atoms with van der Waals surface area (Å²) >= 11 is 0. The van der Waals surface area contributed by atoms with Gasteiger partial charge in [-0.15, -0.1) is 0 Å². The third-order valence-electron chi connectivity index (χ3n) is 3.43. The molecule has 1 heterocycles. The Morgan fingerprint density at radius 3 is 1.84 bits per heavy atom. The van der Waals surface area contributed by atoms with Crippen molar-refractivity contribution in [3.05, 3.63) is 90.0 Å². The maximum Gasteiger partial charge on any atom is 0.255 e. The number of anilines is 2. The minimum atomic E-state index is -0.405. The van der Waals surface area contributed by atoms with Crippen molar-refractivity contribution in [2.75, 3.05) is 10.6 Å². The zero-order valence-electron chi connectivity index (χ0n) is 13.1. The fourth-order valence-electron chi connectivity index (χ4n) is 2.19. The van der Waals surface area contributed by atoms with Crippen LogP contribution in [0.15, 0.2) is 73.1 Å². The molecule has 0 spiro atoms. The quantitative estimate of drug-likeness (QED) is 0.763. The Morgan fingerprint density at radius 2 is 1.28 bits per heavy atom. The molecule has 124 valence electrons. The van der Waals surface area contributed by atoms with Gasteiger partial charge in [-0.05, 0) is 54.6 Å². The lowest BCUT2D eigenvalue weighted by Crippen LogP contribution is -2.14. The predicted octanol–water partition coefficient (Wildman–Crippen LogP) is 3.73. The lowest BCUT2D eigenvalue weighted by Gasteiger charge is -2.09. The SMILES string of the molecule is O=C(Nc1cccc(NC(=O)c2ccc(F)cc2)c1)c1ccncc1. The molecule has 2 amide bonds. The highest BCUT2D eigenvalue weighted by molar-refractivity contribution is 6.06. The smallest absolute Gasteiger partial charge is 0.255 e. The van der Waals surface area contributed by atoms with Crippen LogP contribution in [0.1, 0.15) is 20.7 Å². The second kappa shape index (κ2) is 7.35. The monoisotopic (exact) mass is 335 g/mol. The summed E-state index contributed by atoms with van der Waals surface area (Å²) < 4.78 is 12.9. The second-order valence-corrected chi connectivity index (χ2v) is 5.23. The van der Waals surface area contributed by atoms with Gasteiger partial charge >= 0.3 is 0 Å². The van der Waals surface area contributed by atoms with Gasteiger partial charge in [0.2, 0.25) is 0 Å². The van der Waals surface area contributed by atoms with Crippen LogP contribution in [0.4, 0.5) is 15.8 Å².